The molecule has 82 valence electrons. The highest BCUT2D eigenvalue weighted by molar-refractivity contribution is 6.33. The van der Waals surface area contributed by atoms with Crippen LogP contribution in [0.2, 0.25) is 5.02 Å². The summed E-state index contributed by atoms with van der Waals surface area (Å²) in [6.45, 7) is 0. The normalized spacial score (nSPS) is 10.4. The molecule has 0 aliphatic heterocycles. The van der Waals surface area contributed by atoms with Gasteiger partial charge in [-0.3, -0.25) is 0 Å². The van der Waals surface area contributed by atoms with E-state index in [9.17, 15) is 9.18 Å². The Morgan fingerprint density at radius 2 is 2.19 bits per heavy atom. The van der Waals surface area contributed by atoms with Gasteiger partial charge in [0.25, 0.3) is 0 Å². The third-order valence-electron chi connectivity index (χ3n) is 1.79. The van der Waals surface area contributed by atoms with Crippen molar-refractivity contribution in [2.45, 2.75) is 0 Å². The molecule has 5 nitrogen and oxygen atoms in total. The number of aromatic carboxylic acids is 1. The van der Waals surface area contributed by atoms with Crippen LogP contribution in [-0.2, 0) is 0 Å². The predicted octanol–water partition coefficient (Wildman–Crippen LogP) is 2.23. The van der Waals surface area contributed by atoms with Crippen LogP contribution in [0.5, 0.6) is 0 Å². The molecule has 0 saturated carbocycles. The molecule has 2 rings (SSSR count). The highest BCUT2D eigenvalue weighted by Gasteiger charge is 2.17. The first-order valence-corrected chi connectivity index (χ1v) is 4.48. The monoisotopic (exact) mass is 242 g/mol. The van der Waals surface area contributed by atoms with Crippen molar-refractivity contribution < 1.29 is 18.7 Å². The Morgan fingerprint density at radius 3 is 2.81 bits per heavy atom. The van der Waals surface area contributed by atoms with Crippen LogP contribution in [0.1, 0.15) is 10.7 Å². The van der Waals surface area contributed by atoms with Crippen molar-refractivity contribution in [2.24, 2.45) is 0 Å². The average Bonchev–Trinajstić information content (AvgIpc) is 2.71. The summed E-state index contributed by atoms with van der Waals surface area (Å²) >= 11 is 5.67. The smallest absolute Gasteiger partial charge is 0.393 e. The van der Waals surface area contributed by atoms with Gasteiger partial charge in [0, 0.05) is 0 Å². The predicted molar refractivity (Wildman–Crippen MR) is 51.7 cm³/mol. The van der Waals surface area contributed by atoms with Crippen LogP contribution in [0.3, 0.4) is 0 Å². The summed E-state index contributed by atoms with van der Waals surface area (Å²) in [6.07, 6.45) is 0. The molecule has 0 fully saturated rings. The number of nitrogens with zero attached hydrogens (tertiary/aromatic N) is 2. The number of hydrogen-bond donors (Lipinski definition) is 1. The molecule has 0 bridgehead atoms. The van der Waals surface area contributed by atoms with Crippen molar-refractivity contribution in [3.05, 3.63) is 34.9 Å². The second kappa shape index (κ2) is 3.90. The Balaban J connectivity index is 2.50. The quantitative estimate of drug-likeness (QED) is 0.874. The molecular weight excluding hydrogens is 239 g/mol. The van der Waals surface area contributed by atoms with Crippen LogP contribution in [-0.4, -0.2) is 21.3 Å². The van der Waals surface area contributed by atoms with Gasteiger partial charge in [0.05, 0.1) is 10.6 Å². The standard InChI is InChI=1S/C9H4ClFN2O3/c10-6-4(2-1-3-5(6)11)7-12-13-8(16-7)9(14)15/h1-3H,(H,14,15). The number of carboxylic acid groups (broad SMARTS) is 1. The van der Waals surface area contributed by atoms with Crippen molar-refractivity contribution in [1.82, 2.24) is 10.2 Å². The minimum atomic E-state index is -1.36. The molecule has 0 unspecified atom stereocenters. The largest absolute Gasteiger partial charge is 0.474 e. The van der Waals surface area contributed by atoms with Crippen molar-refractivity contribution >= 4 is 17.6 Å². The molecule has 0 amide bonds. The second-order valence-corrected chi connectivity index (χ2v) is 3.20. The van der Waals surface area contributed by atoms with Gasteiger partial charge >= 0.3 is 11.9 Å². The fourth-order valence-electron chi connectivity index (χ4n) is 1.09. The molecule has 0 aliphatic rings. The molecule has 1 aromatic carbocycles. The molecule has 0 spiro atoms. The van der Waals surface area contributed by atoms with Crippen LogP contribution < -0.4 is 0 Å². The van der Waals surface area contributed by atoms with Crippen molar-refractivity contribution in [3.63, 3.8) is 0 Å². The molecule has 1 heterocycles. The maximum absolute atomic E-state index is 13.1. The average molecular weight is 243 g/mol. The van der Waals surface area contributed by atoms with Crippen LogP contribution in [0, 0.1) is 5.82 Å². The SMILES string of the molecule is O=C(O)c1nnc(-c2cccc(F)c2Cl)o1. The van der Waals surface area contributed by atoms with E-state index < -0.39 is 17.7 Å². The highest BCUT2D eigenvalue weighted by Crippen LogP contribution is 2.28. The Morgan fingerprint density at radius 1 is 1.44 bits per heavy atom. The lowest BCUT2D eigenvalue weighted by atomic mass is 10.2. The number of rotatable bonds is 2. The number of carboxylic acids is 1. The molecule has 7 heteroatoms. The van der Waals surface area contributed by atoms with E-state index >= 15 is 0 Å². The van der Waals surface area contributed by atoms with E-state index in [0.29, 0.717) is 0 Å². The maximum Gasteiger partial charge on any atom is 0.393 e. The van der Waals surface area contributed by atoms with E-state index in [2.05, 4.69) is 10.2 Å². The van der Waals surface area contributed by atoms with Crippen LogP contribution in [0.15, 0.2) is 22.6 Å². The molecule has 1 aromatic heterocycles. The van der Waals surface area contributed by atoms with Gasteiger partial charge < -0.3 is 9.52 Å². The molecule has 0 radical (unpaired) electrons. The number of aromatic nitrogens is 2. The van der Waals surface area contributed by atoms with Gasteiger partial charge in [-0.1, -0.05) is 17.7 Å². The van der Waals surface area contributed by atoms with Gasteiger partial charge in [0.1, 0.15) is 5.82 Å². The van der Waals surface area contributed by atoms with Crippen molar-refractivity contribution in [3.8, 4) is 11.5 Å². The molecule has 2 aromatic rings. The van der Waals surface area contributed by atoms with Crippen LogP contribution >= 0.6 is 11.6 Å². The molecule has 0 aliphatic carbocycles. The first-order chi connectivity index (χ1) is 7.59. The van der Waals surface area contributed by atoms with E-state index in [4.69, 9.17) is 21.1 Å². The summed E-state index contributed by atoms with van der Waals surface area (Å²) in [7, 11) is 0. The lowest BCUT2D eigenvalue weighted by molar-refractivity contribution is 0.0654. The summed E-state index contributed by atoms with van der Waals surface area (Å²) in [6, 6.07) is 4.02. The minimum Gasteiger partial charge on any atom is -0.474 e. The number of hydrogen-bond acceptors (Lipinski definition) is 4. The summed E-state index contributed by atoms with van der Waals surface area (Å²) in [4.78, 5) is 10.5. The lowest BCUT2D eigenvalue weighted by Crippen LogP contribution is -1.95. The van der Waals surface area contributed by atoms with Crippen molar-refractivity contribution in [2.75, 3.05) is 0 Å². The summed E-state index contributed by atoms with van der Waals surface area (Å²) in [5, 5.41) is 15.1. The molecular formula is C9H4ClFN2O3. The Bertz CT molecular complexity index is 555. The number of halogens is 2. The fraction of sp³-hybridized carbons (Fsp3) is 0. The van der Waals surface area contributed by atoms with E-state index in [-0.39, 0.29) is 16.5 Å². The Labute approximate surface area is 93.5 Å². The highest BCUT2D eigenvalue weighted by atomic mass is 35.5. The summed E-state index contributed by atoms with van der Waals surface area (Å²) in [5.74, 6) is -2.71. The second-order valence-electron chi connectivity index (χ2n) is 2.82. The summed E-state index contributed by atoms with van der Waals surface area (Å²) < 4.78 is 17.9. The van der Waals surface area contributed by atoms with Crippen LogP contribution in [0.25, 0.3) is 11.5 Å². The summed E-state index contributed by atoms with van der Waals surface area (Å²) in [5.41, 5.74) is 0.154. The molecule has 0 saturated heterocycles. The van der Waals surface area contributed by atoms with Gasteiger partial charge in [-0.05, 0) is 12.1 Å². The van der Waals surface area contributed by atoms with Crippen LogP contribution in [0.4, 0.5) is 4.39 Å². The molecule has 1 N–H and O–H groups in total. The van der Waals surface area contributed by atoms with Gasteiger partial charge in [-0.15, -0.1) is 10.2 Å². The van der Waals surface area contributed by atoms with Gasteiger partial charge in [0.15, 0.2) is 0 Å². The zero-order valence-corrected chi connectivity index (χ0v) is 8.40. The third-order valence-corrected chi connectivity index (χ3v) is 2.17. The van der Waals surface area contributed by atoms with Gasteiger partial charge in [0.2, 0.25) is 5.89 Å². The molecule has 16 heavy (non-hydrogen) atoms. The topological polar surface area (TPSA) is 76.2 Å². The Kier molecular flexibility index (Phi) is 2.57. The number of benzene rings is 1. The zero-order chi connectivity index (χ0) is 11.7. The number of carbonyl (C=O) groups is 1. The first kappa shape index (κ1) is 10.6. The van der Waals surface area contributed by atoms with E-state index in [1.165, 1.54) is 18.2 Å². The minimum absolute atomic E-state index is 0.137. The van der Waals surface area contributed by atoms with E-state index in [0.717, 1.165) is 0 Å². The van der Waals surface area contributed by atoms with E-state index in [1.807, 2.05) is 0 Å². The van der Waals surface area contributed by atoms with Gasteiger partial charge in [-0.2, -0.15) is 0 Å². The fourth-order valence-corrected chi connectivity index (χ4v) is 1.29. The zero-order valence-electron chi connectivity index (χ0n) is 7.65. The lowest BCUT2D eigenvalue weighted by Gasteiger charge is -1.98. The first-order valence-electron chi connectivity index (χ1n) is 4.11. The third kappa shape index (κ3) is 1.74. The Hall–Kier alpha value is -1.95. The van der Waals surface area contributed by atoms with E-state index in [1.54, 1.807) is 0 Å². The molecule has 0 atom stereocenters. The van der Waals surface area contributed by atoms with Gasteiger partial charge in [-0.25, -0.2) is 9.18 Å². The maximum atomic E-state index is 13.1. The van der Waals surface area contributed by atoms with Crippen molar-refractivity contribution in [1.29, 1.82) is 0 Å².